The molecule has 1 amide bonds. The number of hydrogen-bond acceptors (Lipinski definition) is 4. The molecule has 2 heterocycles. The van der Waals surface area contributed by atoms with Crippen LogP contribution in [0.15, 0.2) is 90.4 Å². The number of carbonyl (C=O) groups excluding carboxylic acids is 1. The van der Waals surface area contributed by atoms with Crippen LogP contribution in [0.5, 0.6) is 11.5 Å². The molecule has 158 valence electrons. The van der Waals surface area contributed by atoms with E-state index in [0.29, 0.717) is 22.2 Å². The number of nitrogens with one attached hydrogen (secondary N) is 1. The summed E-state index contributed by atoms with van der Waals surface area (Å²) in [7, 11) is 0. The molecule has 5 rings (SSSR count). The highest BCUT2D eigenvalue weighted by atomic mass is 35.5. The maximum Gasteiger partial charge on any atom is 0.230 e. The molecule has 5 aromatic rings. The molecule has 0 saturated carbocycles. The molecule has 0 atom stereocenters. The normalized spacial score (nSPS) is 10.9. The highest BCUT2D eigenvalue weighted by molar-refractivity contribution is 7.15. The van der Waals surface area contributed by atoms with Crippen molar-refractivity contribution in [3.63, 3.8) is 0 Å². The van der Waals surface area contributed by atoms with E-state index in [9.17, 15) is 4.79 Å². The second-order valence-corrected chi connectivity index (χ2v) is 8.42. The molecule has 3 aromatic carbocycles. The highest BCUT2D eigenvalue weighted by Gasteiger charge is 2.14. The van der Waals surface area contributed by atoms with Gasteiger partial charge in [-0.15, -0.1) is 11.3 Å². The average Bonchev–Trinajstić information content (AvgIpc) is 3.38. The lowest BCUT2D eigenvalue weighted by atomic mass is 10.2. The number of nitrogens with zero attached hydrogens (tertiary/aromatic N) is 2. The molecule has 5 nitrogen and oxygen atoms in total. The Morgan fingerprint density at radius 3 is 2.56 bits per heavy atom. The average molecular weight is 460 g/mol. The third-order valence-electron chi connectivity index (χ3n) is 4.90. The number of aromatic nitrogens is 2. The fraction of sp³-hybridized carbons (Fsp3) is 0.0400. The summed E-state index contributed by atoms with van der Waals surface area (Å²) in [5, 5.41) is 5.61. The number of benzene rings is 3. The van der Waals surface area contributed by atoms with Gasteiger partial charge in [0.05, 0.1) is 17.8 Å². The molecular weight excluding hydrogens is 442 g/mol. The minimum Gasteiger partial charge on any atom is -0.455 e. The second kappa shape index (κ2) is 8.86. The summed E-state index contributed by atoms with van der Waals surface area (Å²) in [6, 6.07) is 24.4. The number of para-hydroxylation sites is 3. The summed E-state index contributed by atoms with van der Waals surface area (Å²) in [5.41, 5.74) is 3.32. The maximum absolute atomic E-state index is 12.8. The van der Waals surface area contributed by atoms with Crippen molar-refractivity contribution in [2.75, 3.05) is 5.32 Å². The summed E-state index contributed by atoms with van der Waals surface area (Å²) >= 11 is 7.49. The Bertz CT molecular complexity index is 1380. The van der Waals surface area contributed by atoms with Crippen molar-refractivity contribution in [2.45, 2.75) is 6.42 Å². The van der Waals surface area contributed by atoms with Gasteiger partial charge in [0.2, 0.25) is 5.91 Å². The third kappa shape index (κ3) is 4.37. The molecule has 0 saturated heterocycles. The van der Waals surface area contributed by atoms with Gasteiger partial charge in [0.25, 0.3) is 0 Å². The summed E-state index contributed by atoms with van der Waals surface area (Å²) in [5.74, 6) is 1.17. The Morgan fingerprint density at radius 1 is 1.00 bits per heavy atom. The number of hydrogen-bond donors (Lipinski definition) is 1. The van der Waals surface area contributed by atoms with Gasteiger partial charge in [0.15, 0.2) is 10.7 Å². The molecule has 2 aromatic heterocycles. The number of halogens is 1. The fourth-order valence-corrected chi connectivity index (χ4v) is 4.35. The van der Waals surface area contributed by atoms with Gasteiger partial charge in [-0.3, -0.25) is 9.20 Å². The van der Waals surface area contributed by atoms with Crippen molar-refractivity contribution in [2.24, 2.45) is 0 Å². The van der Waals surface area contributed by atoms with Crippen molar-refractivity contribution in [3.8, 4) is 22.8 Å². The summed E-state index contributed by atoms with van der Waals surface area (Å²) in [6.45, 7) is 0. The van der Waals surface area contributed by atoms with Gasteiger partial charge in [-0.05, 0) is 36.4 Å². The first-order valence-electron chi connectivity index (χ1n) is 9.99. The molecule has 0 aliphatic rings. The standard InChI is InChI=1S/C25H18ClN3O2S/c26-18-12-10-17(11-13-18)22-15-29-19(16-32-25(29)28-22)14-24(30)27-21-8-4-5-9-23(21)31-20-6-2-1-3-7-20/h1-13,15-16H,14H2,(H,27,30). The zero-order valence-corrected chi connectivity index (χ0v) is 18.4. The second-order valence-electron chi connectivity index (χ2n) is 7.15. The molecule has 0 bridgehead atoms. The molecule has 0 spiro atoms. The van der Waals surface area contributed by atoms with Crippen molar-refractivity contribution in [3.05, 3.63) is 101 Å². The predicted molar refractivity (Wildman–Crippen MR) is 129 cm³/mol. The van der Waals surface area contributed by atoms with Gasteiger partial charge >= 0.3 is 0 Å². The first-order chi connectivity index (χ1) is 15.7. The van der Waals surface area contributed by atoms with Gasteiger partial charge in [0, 0.05) is 27.9 Å². The Kier molecular flexibility index (Phi) is 5.62. The van der Waals surface area contributed by atoms with Crippen LogP contribution in [0.1, 0.15) is 5.69 Å². The number of thiazole rings is 1. The first kappa shape index (κ1) is 20.3. The van der Waals surface area contributed by atoms with Crippen LogP contribution in [-0.4, -0.2) is 15.3 Å². The van der Waals surface area contributed by atoms with Crippen LogP contribution in [0.4, 0.5) is 5.69 Å². The number of imidazole rings is 1. The molecule has 0 aliphatic heterocycles. The lowest BCUT2D eigenvalue weighted by Gasteiger charge is -2.12. The Morgan fingerprint density at radius 2 is 1.75 bits per heavy atom. The van der Waals surface area contributed by atoms with Gasteiger partial charge in [-0.25, -0.2) is 4.98 Å². The Labute approximate surface area is 193 Å². The lowest BCUT2D eigenvalue weighted by Crippen LogP contribution is -2.15. The summed E-state index contributed by atoms with van der Waals surface area (Å²) in [4.78, 5) is 18.3. The van der Waals surface area contributed by atoms with Crippen molar-refractivity contribution < 1.29 is 9.53 Å². The van der Waals surface area contributed by atoms with E-state index >= 15 is 0 Å². The van der Waals surface area contributed by atoms with Gasteiger partial charge in [-0.2, -0.15) is 0 Å². The van der Waals surface area contributed by atoms with E-state index in [1.165, 1.54) is 11.3 Å². The molecule has 0 radical (unpaired) electrons. The largest absolute Gasteiger partial charge is 0.455 e. The molecule has 7 heteroatoms. The van der Waals surface area contributed by atoms with E-state index in [1.54, 1.807) is 0 Å². The first-order valence-corrected chi connectivity index (χ1v) is 11.2. The zero-order valence-electron chi connectivity index (χ0n) is 16.9. The van der Waals surface area contributed by atoms with Crippen LogP contribution < -0.4 is 10.1 Å². The number of carbonyl (C=O) groups is 1. The molecular formula is C25H18ClN3O2S. The van der Waals surface area contributed by atoms with E-state index in [2.05, 4.69) is 10.3 Å². The van der Waals surface area contributed by atoms with E-state index in [1.807, 2.05) is 94.8 Å². The zero-order chi connectivity index (χ0) is 21.9. The van der Waals surface area contributed by atoms with E-state index < -0.39 is 0 Å². The number of ether oxygens (including phenoxy) is 1. The van der Waals surface area contributed by atoms with Crippen molar-refractivity contribution in [1.29, 1.82) is 0 Å². The number of anilines is 1. The van der Waals surface area contributed by atoms with Crippen LogP contribution in [0, 0.1) is 0 Å². The van der Waals surface area contributed by atoms with E-state index in [-0.39, 0.29) is 12.3 Å². The SMILES string of the molecule is O=C(Cc1csc2nc(-c3ccc(Cl)cc3)cn12)Nc1ccccc1Oc1ccccc1. The minimum absolute atomic E-state index is 0.129. The summed E-state index contributed by atoms with van der Waals surface area (Å²) in [6.07, 6.45) is 2.17. The molecule has 0 aliphatic carbocycles. The Hall–Kier alpha value is -3.61. The monoisotopic (exact) mass is 459 g/mol. The number of amides is 1. The molecule has 1 N–H and O–H groups in total. The lowest BCUT2D eigenvalue weighted by molar-refractivity contribution is -0.115. The fourth-order valence-electron chi connectivity index (χ4n) is 3.35. The highest BCUT2D eigenvalue weighted by Crippen LogP contribution is 2.30. The molecule has 0 unspecified atom stereocenters. The minimum atomic E-state index is -0.129. The Balaban J connectivity index is 1.33. The van der Waals surface area contributed by atoms with Crippen molar-refractivity contribution in [1.82, 2.24) is 9.38 Å². The topological polar surface area (TPSA) is 55.6 Å². The van der Waals surface area contributed by atoms with Gasteiger partial charge in [-0.1, -0.05) is 54.1 Å². The molecule has 0 fully saturated rings. The maximum atomic E-state index is 12.8. The quantitative estimate of drug-likeness (QED) is 0.307. The van der Waals surface area contributed by atoms with Crippen LogP contribution in [0.25, 0.3) is 16.2 Å². The van der Waals surface area contributed by atoms with Crippen molar-refractivity contribution >= 4 is 39.5 Å². The third-order valence-corrected chi connectivity index (χ3v) is 6.04. The summed E-state index contributed by atoms with van der Waals surface area (Å²) < 4.78 is 7.90. The number of fused-ring (bicyclic) bond motifs is 1. The van der Waals surface area contributed by atoms with E-state index in [4.69, 9.17) is 16.3 Å². The smallest absolute Gasteiger partial charge is 0.230 e. The predicted octanol–water partition coefficient (Wildman–Crippen LogP) is 6.69. The molecule has 32 heavy (non-hydrogen) atoms. The van der Waals surface area contributed by atoms with Crippen LogP contribution in [0.2, 0.25) is 5.02 Å². The van der Waals surface area contributed by atoms with Crippen LogP contribution >= 0.6 is 22.9 Å². The number of rotatable bonds is 6. The van der Waals surface area contributed by atoms with Gasteiger partial charge in [0.1, 0.15) is 5.75 Å². The van der Waals surface area contributed by atoms with E-state index in [0.717, 1.165) is 21.9 Å². The van der Waals surface area contributed by atoms with Gasteiger partial charge < -0.3 is 10.1 Å². The van der Waals surface area contributed by atoms with Crippen LogP contribution in [-0.2, 0) is 11.2 Å². The van der Waals surface area contributed by atoms with Crippen LogP contribution in [0.3, 0.4) is 0 Å².